The molecule has 0 atom stereocenters. The smallest absolute Gasteiger partial charge is 0.663 e. The SMILES string of the molecule is CC(C)(C)CC1=[C-]CC=C1.CC[N-]CC.CC[N-]CC.CC[N-]CC.[Ti+4]. The van der Waals surface area contributed by atoms with Gasteiger partial charge in [0.2, 0.25) is 0 Å². The zero-order valence-corrected chi connectivity index (χ0v) is 20.7. The molecule has 0 unspecified atom stereocenters. The van der Waals surface area contributed by atoms with Crippen molar-refractivity contribution >= 4 is 0 Å². The molecule has 4 heteroatoms. The largest absolute Gasteiger partial charge is 4.00 e. The van der Waals surface area contributed by atoms with E-state index in [1.54, 1.807) is 0 Å². The van der Waals surface area contributed by atoms with Gasteiger partial charge in [0, 0.05) is 0 Å². The first kappa shape index (κ1) is 33.6. The molecule has 0 radical (unpaired) electrons. The maximum Gasteiger partial charge on any atom is 4.00 e. The molecule has 26 heavy (non-hydrogen) atoms. The molecule has 0 spiro atoms. The fourth-order valence-electron chi connectivity index (χ4n) is 1.81. The minimum atomic E-state index is 0. The molecule has 0 saturated heterocycles. The minimum Gasteiger partial charge on any atom is -0.663 e. The summed E-state index contributed by atoms with van der Waals surface area (Å²) in [5, 5.41) is 11.9. The molecule has 3 nitrogen and oxygen atoms in total. The van der Waals surface area contributed by atoms with Crippen LogP contribution in [0.25, 0.3) is 16.0 Å². The van der Waals surface area contributed by atoms with Gasteiger partial charge in [0.25, 0.3) is 0 Å². The molecule has 0 heterocycles. The Morgan fingerprint density at radius 3 is 1.27 bits per heavy atom. The predicted octanol–water partition coefficient (Wildman–Crippen LogP) is 7.31. The Morgan fingerprint density at radius 2 is 1.12 bits per heavy atom. The van der Waals surface area contributed by atoms with Crippen LogP contribution in [-0.2, 0) is 21.7 Å². The van der Waals surface area contributed by atoms with Gasteiger partial charge in [-0.25, -0.2) is 11.6 Å². The first-order valence-electron chi connectivity index (χ1n) is 9.98. The normalized spacial score (nSPS) is 11.7. The van der Waals surface area contributed by atoms with Crippen LogP contribution < -0.4 is 0 Å². The van der Waals surface area contributed by atoms with Crippen molar-refractivity contribution in [2.24, 2.45) is 5.41 Å². The molecule has 1 aliphatic rings. The Hall–Kier alpha value is 0.0743. The third-order valence-corrected chi connectivity index (χ3v) is 2.83. The molecule has 1 rings (SSSR count). The van der Waals surface area contributed by atoms with E-state index >= 15 is 0 Å². The fraction of sp³-hybridized carbons (Fsp3) is 0.818. The molecule has 1 aliphatic carbocycles. The van der Waals surface area contributed by atoms with Crippen LogP contribution in [0.1, 0.15) is 75.2 Å². The summed E-state index contributed by atoms with van der Waals surface area (Å²) in [6.45, 7) is 24.9. The third-order valence-electron chi connectivity index (χ3n) is 2.83. The monoisotopic (exact) mass is 399 g/mol. The van der Waals surface area contributed by atoms with E-state index < -0.39 is 0 Å². The van der Waals surface area contributed by atoms with Crippen molar-refractivity contribution in [1.29, 1.82) is 0 Å². The summed E-state index contributed by atoms with van der Waals surface area (Å²) in [5.41, 5.74) is 1.80. The predicted molar refractivity (Wildman–Crippen MR) is 118 cm³/mol. The van der Waals surface area contributed by atoms with E-state index in [9.17, 15) is 0 Å². The molecule has 0 aromatic carbocycles. The maximum absolute atomic E-state index is 3.97. The van der Waals surface area contributed by atoms with Crippen LogP contribution in [0.2, 0.25) is 0 Å². The molecular formula is C22H45N3Ti. The number of rotatable bonds is 7. The average Bonchev–Trinajstić information content (AvgIpc) is 3.02. The second-order valence-corrected chi connectivity index (χ2v) is 6.61. The van der Waals surface area contributed by atoms with E-state index in [0.29, 0.717) is 5.41 Å². The van der Waals surface area contributed by atoms with Gasteiger partial charge in [-0.3, -0.25) is 6.08 Å². The van der Waals surface area contributed by atoms with Crippen molar-refractivity contribution in [3.63, 3.8) is 0 Å². The van der Waals surface area contributed by atoms with E-state index in [0.717, 1.165) is 52.1 Å². The standard InChI is InChI=1S/C10H15.3C4H10N.Ti/c1-10(2,3)8-9-6-4-5-7-9;3*1-3-5-4-2;/h4,6H,5,8H2,1-3H3;3*3-4H2,1-2H3;/q4*-1;+4. The second-order valence-electron chi connectivity index (χ2n) is 6.61. The molecule has 152 valence electrons. The molecular weight excluding hydrogens is 354 g/mol. The van der Waals surface area contributed by atoms with E-state index in [1.807, 2.05) is 41.5 Å². The number of hydrogen-bond acceptors (Lipinski definition) is 0. The second kappa shape index (κ2) is 27.3. The van der Waals surface area contributed by atoms with E-state index in [-0.39, 0.29) is 21.7 Å². The summed E-state index contributed by atoms with van der Waals surface area (Å²) in [6, 6.07) is 0. The van der Waals surface area contributed by atoms with Crippen molar-refractivity contribution < 1.29 is 21.7 Å². The summed E-state index contributed by atoms with van der Waals surface area (Å²) in [7, 11) is 0. The summed E-state index contributed by atoms with van der Waals surface area (Å²) in [5.74, 6) is 0. The zero-order valence-electron chi connectivity index (χ0n) is 19.2. The Morgan fingerprint density at radius 1 is 0.769 bits per heavy atom. The van der Waals surface area contributed by atoms with Crippen LogP contribution in [0.3, 0.4) is 0 Å². The molecule has 0 aromatic heterocycles. The molecule has 0 amide bonds. The number of allylic oxidation sites excluding steroid dienone is 4. The van der Waals surface area contributed by atoms with Crippen molar-refractivity contribution in [1.82, 2.24) is 0 Å². The Balaban J connectivity index is -0.000000132. The average molecular weight is 399 g/mol. The Bertz CT molecular complexity index is 274. The van der Waals surface area contributed by atoms with Gasteiger partial charge in [-0.05, 0) is 5.41 Å². The molecule has 0 aromatic rings. The van der Waals surface area contributed by atoms with Gasteiger partial charge < -0.3 is 16.0 Å². The van der Waals surface area contributed by atoms with Crippen LogP contribution in [0.4, 0.5) is 0 Å². The Kier molecular flexibility index (Phi) is 35.3. The number of hydrogen-bond donors (Lipinski definition) is 0. The van der Waals surface area contributed by atoms with E-state index in [4.69, 9.17) is 0 Å². The van der Waals surface area contributed by atoms with Gasteiger partial charge in [-0.1, -0.05) is 68.7 Å². The summed E-state index contributed by atoms with van der Waals surface area (Å²) >= 11 is 0. The van der Waals surface area contributed by atoms with Gasteiger partial charge in [-0.2, -0.15) is 45.3 Å². The molecule has 0 saturated carbocycles. The molecule has 0 fully saturated rings. The quantitative estimate of drug-likeness (QED) is 0.318. The van der Waals surface area contributed by atoms with Crippen LogP contribution in [0.5, 0.6) is 0 Å². The maximum atomic E-state index is 3.97. The van der Waals surface area contributed by atoms with Crippen LogP contribution >= 0.6 is 0 Å². The van der Waals surface area contributed by atoms with Gasteiger partial charge in [-0.15, -0.1) is 6.42 Å². The summed E-state index contributed by atoms with van der Waals surface area (Å²) in [4.78, 5) is 0. The molecule has 0 bridgehead atoms. The summed E-state index contributed by atoms with van der Waals surface area (Å²) < 4.78 is 0. The minimum absolute atomic E-state index is 0. The van der Waals surface area contributed by atoms with E-state index in [2.05, 4.69) is 54.9 Å². The first-order valence-corrected chi connectivity index (χ1v) is 9.98. The molecule has 0 aliphatic heterocycles. The van der Waals surface area contributed by atoms with Crippen LogP contribution in [0.15, 0.2) is 17.7 Å². The molecule has 0 N–H and O–H groups in total. The van der Waals surface area contributed by atoms with Crippen LogP contribution in [-0.4, -0.2) is 39.3 Å². The van der Waals surface area contributed by atoms with Crippen LogP contribution in [0, 0.1) is 11.5 Å². The van der Waals surface area contributed by atoms with Crippen molar-refractivity contribution in [2.75, 3.05) is 39.3 Å². The van der Waals surface area contributed by atoms with E-state index in [1.165, 1.54) is 5.57 Å². The summed E-state index contributed by atoms with van der Waals surface area (Å²) in [6.07, 6.45) is 9.85. The van der Waals surface area contributed by atoms with Gasteiger partial charge in [0.15, 0.2) is 0 Å². The van der Waals surface area contributed by atoms with Gasteiger partial charge in [0.05, 0.1) is 0 Å². The topological polar surface area (TPSA) is 42.3 Å². The van der Waals surface area contributed by atoms with Crippen molar-refractivity contribution in [3.05, 3.63) is 39.8 Å². The number of nitrogens with zero attached hydrogens (tertiary/aromatic N) is 3. The third kappa shape index (κ3) is 39.2. The Labute approximate surface area is 181 Å². The zero-order chi connectivity index (χ0) is 20.0. The van der Waals surface area contributed by atoms with Gasteiger partial charge in [0.1, 0.15) is 0 Å². The first-order chi connectivity index (χ1) is 11.8. The fourth-order valence-corrected chi connectivity index (χ4v) is 1.81. The van der Waals surface area contributed by atoms with Crippen molar-refractivity contribution in [2.45, 2.75) is 75.2 Å². The van der Waals surface area contributed by atoms with Gasteiger partial charge >= 0.3 is 21.7 Å². The van der Waals surface area contributed by atoms with Crippen molar-refractivity contribution in [3.8, 4) is 0 Å².